The normalized spacial score (nSPS) is 18.9. The van der Waals surface area contributed by atoms with Crippen LogP contribution in [0.25, 0.3) is 0 Å². The van der Waals surface area contributed by atoms with Crippen molar-refractivity contribution in [3.63, 3.8) is 0 Å². The lowest BCUT2D eigenvalue weighted by Gasteiger charge is -2.41. The van der Waals surface area contributed by atoms with E-state index in [0.717, 1.165) is 0 Å². The molecule has 7 heteroatoms. The van der Waals surface area contributed by atoms with Crippen molar-refractivity contribution >= 4 is 76.5 Å². The van der Waals surface area contributed by atoms with Crippen LogP contribution < -0.4 is 0 Å². The van der Waals surface area contributed by atoms with Gasteiger partial charge >= 0.3 is 0 Å². The van der Waals surface area contributed by atoms with Crippen molar-refractivity contribution in [2.24, 2.45) is 0 Å². The number of hydrogen-bond acceptors (Lipinski definition) is 0. The molecule has 0 saturated carbocycles. The van der Waals surface area contributed by atoms with Crippen molar-refractivity contribution in [2.45, 2.75) is 33.7 Å². The van der Waals surface area contributed by atoms with Gasteiger partial charge in [0.25, 0.3) is 7.38 Å². The molecule has 80 valence electrons. The molecule has 1 unspecified atom stereocenters. The fraction of sp³-hybridized carbons (Fsp3) is 1.00. The van der Waals surface area contributed by atoms with Crippen molar-refractivity contribution in [1.82, 2.24) is 0 Å². The molecule has 0 heterocycles. The summed E-state index contributed by atoms with van der Waals surface area (Å²) in [7, 11) is -2.93. The highest BCUT2D eigenvalue weighted by atomic mass is 35.6. The van der Waals surface area contributed by atoms with Crippen LogP contribution in [0, 0.1) is 0 Å². The van der Waals surface area contributed by atoms with Gasteiger partial charge in [-0.15, -0.1) is 23.2 Å². The van der Waals surface area contributed by atoms with Crippen molar-refractivity contribution in [3.05, 3.63) is 0 Å². The van der Waals surface area contributed by atoms with Gasteiger partial charge in [0.1, 0.15) is 3.96 Å². The Morgan fingerprint density at radius 3 is 1.31 bits per heavy atom. The first-order chi connectivity index (χ1) is 5.44. The summed E-state index contributed by atoms with van der Waals surface area (Å²) in [4.78, 5) is 0. The van der Waals surface area contributed by atoms with Gasteiger partial charge in [0.15, 0.2) is 3.42 Å². The molecule has 1 atom stereocenters. The maximum Gasteiger partial charge on any atom is 0.253 e. The van der Waals surface area contributed by atoms with E-state index in [2.05, 4.69) is 0 Å². The van der Waals surface area contributed by atoms with Gasteiger partial charge in [-0.1, -0.05) is 48.7 Å². The third-order valence-corrected chi connectivity index (χ3v) is 14.8. The molecule has 0 radical (unpaired) electrons. The molecule has 0 aliphatic rings. The zero-order valence-corrected chi connectivity index (χ0v) is 12.9. The summed E-state index contributed by atoms with van der Waals surface area (Å²) in [5, 5.41) is 0. The SMILES string of the molecule is CC(C)[Si](Cl)(C(C)(Cl)Cl)C(Cl)(Cl)Cl. The lowest BCUT2D eigenvalue weighted by molar-refractivity contribution is 0.964. The Morgan fingerprint density at radius 2 is 1.31 bits per heavy atom. The zero-order chi connectivity index (χ0) is 11.1. The average molecular weight is 323 g/mol. The van der Waals surface area contributed by atoms with Crippen LogP contribution in [0.15, 0.2) is 0 Å². The van der Waals surface area contributed by atoms with E-state index in [1.54, 1.807) is 6.92 Å². The summed E-state index contributed by atoms with van der Waals surface area (Å²) >= 11 is 35.7. The van der Waals surface area contributed by atoms with E-state index < -0.39 is 14.8 Å². The van der Waals surface area contributed by atoms with E-state index in [9.17, 15) is 0 Å². The Morgan fingerprint density at radius 1 is 1.00 bits per heavy atom. The molecule has 0 spiro atoms. The lowest BCUT2D eigenvalue weighted by Crippen LogP contribution is -2.58. The van der Waals surface area contributed by atoms with Gasteiger partial charge in [-0.3, -0.25) is 0 Å². The quantitative estimate of drug-likeness (QED) is 0.371. The monoisotopic (exact) mass is 320 g/mol. The smallest absolute Gasteiger partial charge is 0.158 e. The van der Waals surface area contributed by atoms with Gasteiger partial charge in [-0.25, -0.2) is 0 Å². The molecular formula is C6H10Cl6Si. The molecular weight excluding hydrogens is 313 g/mol. The second kappa shape index (κ2) is 4.45. The van der Waals surface area contributed by atoms with E-state index in [1.165, 1.54) is 0 Å². The van der Waals surface area contributed by atoms with Gasteiger partial charge < -0.3 is 0 Å². The summed E-state index contributed by atoms with van der Waals surface area (Å²) in [6.45, 7) is 5.27. The topological polar surface area (TPSA) is 0 Å². The van der Waals surface area contributed by atoms with Crippen molar-refractivity contribution in [1.29, 1.82) is 0 Å². The maximum absolute atomic E-state index is 6.31. The van der Waals surface area contributed by atoms with Gasteiger partial charge in [-0.2, -0.15) is 11.1 Å². The minimum absolute atomic E-state index is 0.0401. The minimum atomic E-state index is -2.93. The van der Waals surface area contributed by atoms with Gasteiger partial charge in [0.2, 0.25) is 0 Å². The van der Waals surface area contributed by atoms with Crippen LogP contribution in [0.3, 0.4) is 0 Å². The molecule has 0 bridgehead atoms. The second-order valence-electron chi connectivity index (χ2n) is 3.25. The first kappa shape index (κ1) is 15.0. The molecule has 0 N–H and O–H groups in total. The molecule has 0 amide bonds. The number of alkyl halides is 5. The van der Waals surface area contributed by atoms with Crippen LogP contribution in [0.5, 0.6) is 0 Å². The Balaban J connectivity index is 5.22. The van der Waals surface area contributed by atoms with Crippen LogP contribution >= 0.6 is 69.1 Å². The lowest BCUT2D eigenvalue weighted by atomic mass is 10.6. The molecule has 0 aromatic heterocycles. The summed E-state index contributed by atoms with van der Waals surface area (Å²) < 4.78 is -2.77. The Hall–Kier alpha value is 1.96. The van der Waals surface area contributed by atoms with Crippen LogP contribution in [0.2, 0.25) is 5.54 Å². The van der Waals surface area contributed by atoms with E-state index in [-0.39, 0.29) is 5.54 Å². The predicted octanol–water partition coefficient (Wildman–Crippen LogP) is 5.22. The zero-order valence-electron chi connectivity index (χ0n) is 7.35. The molecule has 0 aromatic rings. The highest BCUT2D eigenvalue weighted by Crippen LogP contribution is 2.54. The van der Waals surface area contributed by atoms with Crippen molar-refractivity contribution in [2.75, 3.05) is 0 Å². The molecule has 0 aliphatic heterocycles. The fourth-order valence-electron chi connectivity index (χ4n) is 1.08. The fourth-order valence-corrected chi connectivity index (χ4v) is 9.94. The Bertz CT molecular complexity index is 165. The average Bonchev–Trinajstić information content (AvgIpc) is 1.80. The third kappa shape index (κ3) is 2.96. The van der Waals surface area contributed by atoms with Crippen molar-refractivity contribution in [3.8, 4) is 0 Å². The van der Waals surface area contributed by atoms with Crippen molar-refractivity contribution < 1.29 is 0 Å². The first-order valence-electron chi connectivity index (χ1n) is 3.58. The molecule has 0 nitrogen and oxygen atoms in total. The largest absolute Gasteiger partial charge is 0.253 e. The molecule has 0 fully saturated rings. The highest BCUT2D eigenvalue weighted by molar-refractivity contribution is 7.36. The summed E-state index contributed by atoms with van der Waals surface area (Å²) in [6.07, 6.45) is 0. The van der Waals surface area contributed by atoms with Crippen LogP contribution in [0.1, 0.15) is 20.8 Å². The molecule has 13 heavy (non-hydrogen) atoms. The Labute approximate surface area is 109 Å². The van der Waals surface area contributed by atoms with Crippen LogP contribution in [0.4, 0.5) is 0 Å². The number of rotatable bonds is 2. The van der Waals surface area contributed by atoms with E-state index in [1.807, 2.05) is 13.8 Å². The van der Waals surface area contributed by atoms with Crippen LogP contribution in [-0.4, -0.2) is 14.8 Å². The van der Waals surface area contributed by atoms with E-state index >= 15 is 0 Å². The standard InChI is InChI=1S/C6H10Cl6Si/c1-4(2)13(12,5(3,7)8)6(9,10)11/h4H,1-3H3. The predicted molar refractivity (Wildman–Crippen MR) is 67.1 cm³/mol. The molecule has 0 aromatic carbocycles. The molecule has 0 aliphatic carbocycles. The third-order valence-electron chi connectivity index (χ3n) is 1.85. The second-order valence-corrected chi connectivity index (χ2v) is 14.9. The van der Waals surface area contributed by atoms with Crippen LogP contribution in [-0.2, 0) is 0 Å². The van der Waals surface area contributed by atoms with Gasteiger partial charge in [0, 0.05) is 0 Å². The molecule has 0 rings (SSSR count). The summed E-state index contributed by atoms with van der Waals surface area (Å²) in [5.74, 6) is 0. The highest BCUT2D eigenvalue weighted by Gasteiger charge is 2.63. The van der Waals surface area contributed by atoms with E-state index in [4.69, 9.17) is 69.1 Å². The Kier molecular flexibility index (Phi) is 5.12. The number of halogens is 6. The maximum atomic E-state index is 6.31. The first-order valence-corrected chi connectivity index (χ1v) is 8.56. The number of hydrogen-bond donors (Lipinski definition) is 0. The molecule has 0 saturated heterocycles. The minimum Gasteiger partial charge on any atom is -0.158 e. The summed E-state index contributed by atoms with van der Waals surface area (Å²) in [6, 6.07) is 0. The van der Waals surface area contributed by atoms with Gasteiger partial charge in [0.05, 0.1) is 0 Å². The van der Waals surface area contributed by atoms with Gasteiger partial charge in [-0.05, 0) is 12.5 Å². The van der Waals surface area contributed by atoms with E-state index in [0.29, 0.717) is 0 Å². The summed E-state index contributed by atoms with van der Waals surface area (Å²) in [5.41, 5.74) is -0.0401.